The summed E-state index contributed by atoms with van der Waals surface area (Å²) >= 11 is 18.0. The fraction of sp³-hybridized carbons (Fsp3) is 0. The molecular weight excluding hydrogens is 279 g/mol. The Hall–Kier alpha value is -1.02. The summed E-state index contributed by atoms with van der Waals surface area (Å²) in [5, 5.41) is 1.58. The molecule has 0 saturated carbocycles. The first kappa shape index (κ1) is 12.4. The van der Waals surface area contributed by atoms with Crippen LogP contribution >= 0.6 is 34.8 Å². The van der Waals surface area contributed by atoms with Gasteiger partial charge in [0.2, 0.25) is 0 Å². The van der Waals surface area contributed by atoms with Gasteiger partial charge in [-0.15, -0.1) is 0 Å². The van der Waals surface area contributed by atoms with E-state index in [1.807, 2.05) is 0 Å². The highest BCUT2D eigenvalue weighted by Gasteiger charge is 2.06. The first-order valence-electron chi connectivity index (χ1n) is 4.81. The Morgan fingerprint density at radius 3 is 2.06 bits per heavy atom. The Bertz CT molecular complexity index is 559. The van der Waals surface area contributed by atoms with Crippen LogP contribution in [-0.2, 0) is 0 Å². The monoisotopic (exact) mass is 284 g/mol. The Morgan fingerprint density at radius 2 is 1.53 bits per heavy atom. The average Bonchev–Trinajstić information content (AvgIpc) is 2.27. The molecule has 0 fully saturated rings. The van der Waals surface area contributed by atoms with Crippen molar-refractivity contribution >= 4 is 41.1 Å². The van der Waals surface area contributed by atoms with Gasteiger partial charge in [0.1, 0.15) is 6.29 Å². The molecule has 0 amide bonds. The summed E-state index contributed by atoms with van der Waals surface area (Å²) in [6.07, 6.45) is 0.751. The fourth-order valence-corrected chi connectivity index (χ4v) is 2.37. The molecule has 0 aliphatic rings. The van der Waals surface area contributed by atoms with Crippen molar-refractivity contribution in [1.29, 1.82) is 0 Å². The minimum Gasteiger partial charge on any atom is -0.298 e. The van der Waals surface area contributed by atoms with Crippen molar-refractivity contribution in [3.8, 4) is 11.1 Å². The third-order valence-electron chi connectivity index (χ3n) is 2.30. The number of benzene rings is 2. The van der Waals surface area contributed by atoms with Crippen LogP contribution in [0.2, 0.25) is 15.1 Å². The van der Waals surface area contributed by atoms with E-state index in [0.29, 0.717) is 20.6 Å². The van der Waals surface area contributed by atoms with Gasteiger partial charge in [-0.2, -0.15) is 0 Å². The zero-order valence-electron chi connectivity index (χ0n) is 8.58. The van der Waals surface area contributed by atoms with Crippen LogP contribution in [0.1, 0.15) is 10.4 Å². The molecule has 2 aromatic carbocycles. The molecule has 0 atom stereocenters. The summed E-state index contributed by atoms with van der Waals surface area (Å²) in [4.78, 5) is 10.6. The van der Waals surface area contributed by atoms with Crippen molar-refractivity contribution in [3.63, 3.8) is 0 Å². The minimum absolute atomic E-state index is 0.493. The molecular formula is C13H7Cl3O. The predicted molar refractivity (Wildman–Crippen MR) is 72.3 cm³/mol. The Balaban J connectivity index is 2.56. The fourth-order valence-electron chi connectivity index (χ4n) is 1.55. The van der Waals surface area contributed by atoms with Crippen LogP contribution in [0.3, 0.4) is 0 Å². The molecule has 0 N–H and O–H groups in total. The second kappa shape index (κ2) is 5.09. The van der Waals surface area contributed by atoms with Crippen molar-refractivity contribution < 1.29 is 4.79 Å². The zero-order valence-corrected chi connectivity index (χ0v) is 10.9. The van der Waals surface area contributed by atoms with Gasteiger partial charge in [0.15, 0.2) is 0 Å². The van der Waals surface area contributed by atoms with Crippen LogP contribution in [0.5, 0.6) is 0 Å². The van der Waals surface area contributed by atoms with Crippen LogP contribution in [0.4, 0.5) is 0 Å². The van der Waals surface area contributed by atoms with Gasteiger partial charge in [0.25, 0.3) is 0 Å². The molecule has 2 aromatic rings. The van der Waals surface area contributed by atoms with Crippen molar-refractivity contribution in [1.82, 2.24) is 0 Å². The number of hydrogen-bond donors (Lipinski definition) is 0. The lowest BCUT2D eigenvalue weighted by molar-refractivity contribution is 0.112. The van der Waals surface area contributed by atoms with Crippen molar-refractivity contribution in [2.45, 2.75) is 0 Å². The van der Waals surface area contributed by atoms with Crippen LogP contribution < -0.4 is 0 Å². The molecule has 0 aromatic heterocycles. The maximum Gasteiger partial charge on any atom is 0.150 e. The van der Waals surface area contributed by atoms with Gasteiger partial charge in [-0.1, -0.05) is 46.9 Å². The Kier molecular flexibility index (Phi) is 3.72. The molecule has 2 rings (SSSR count). The molecule has 17 heavy (non-hydrogen) atoms. The summed E-state index contributed by atoms with van der Waals surface area (Å²) in [5.74, 6) is 0. The van der Waals surface area contributed by atoms with E-state index in [9.17, 15) is 4.79 Å². The van der Waals surface area contributed by atoms with Crippen molar-refractivity contribution in [2.24, 2.45) is 0 Å². The van der Waals surface area contributed by atoms with Crippen LogP contribution in [0.15, 0.2) is 36.4 Å². The van der Waals surface area contributed by atoms with E-state index in [-0.39, 0.29) is 0 Å². The largest absolute Gasteiger partial charge is 0.298 e. The number of aldehydes is 1. The third-order valence-corrected chi connectivity index (χ3v) is 3.05. The summed E-state index contributed by atoms with van der Waals surface area (Å²) in [6, 6.07) is 10.3. The van der Waals surface area contributed by atoms with Crippen LogP contribution in [0.25, 0.3) is 11.1 Å². The van der Waals surface area contributed by atoms with Gasteiger partial charge >= 0.3 is 0 Å². The highest BCUT2D eigenvalue weighted by Crippen LogP contribution is 2.32. The van der Waals surface area contributed by atoms with Gasteiger partial charge in [-0.05, 0) is 29.8 Å². The molecule has 0 heterocycles. The number of carbonyl (C=O) groups excluding carboxylic acids is 1. The number of carbonyl (C=O) groups is 1. The lowest BCUT2D eigenvalue weighted by Crippen LogP contribution is -1.84. The molecule has 0 bridgehead atoms. The molecule has 0 saturated heterocycles. The zero-order chi connectivity index (χ0) is 12.4. The van der Waals surface area contributed by atoms with Gasteiger partial charge in [-0.25, -0.2) is 0 Å². The molecule has 1 nitrogen and oxygen atoms in total. The molecule has 0 aliphatic carbocycles. The van der Waals surface area contributed by atoms with Crippen LogP contribution in [-0.4, -0.2) is 6.29 Å². The second-order valence-corrected chi connectivity index (χ2v) is 4.80. The SMILES string of the molecule is O=Cc1ccc(-c2cc(Cl)cc(Cl)c2)c(Cl)c1. The third kappa shape index (κ3) is 2.81. The smallest absolute Gasteiger partial charge is 0.150 e. The average molecular weight is 286 g/mol. The first-order chi connectivity index (χ1) is 8.10. The summed E-state index contributed by atoms with van der Waals surface area (Å²) in [7, 11) is 0. The summed E-state index contributed by atoms with van der Waals surface area (Å²) in [5.41, 5.74) is 2.15. The van der Waals surface area contributed by atoms with E-state index in [1.54, 1.807) is 36.4 Å². The summed E-state index contributed by atoms with van der Waals surface area (Å²) < 4.78 is 0. The Labute approximate surface area is 114 Å². The first-order valence-corrected chi connectivity index (χ1v) is 5.95. The number of rotatable bonds is 2. The van der Waals surface area contributed by atoms with Crippen molar-refractivity contribution in [2.75, 3.05) is 0 Å². The molecule has 4 heteroatoms. The van der Waals surface area contributed by atoms with E-state index in [4.69, 9.17) is 34.8 Å². The highest BCUT2D eigenvalue weighted by atomic mass is 35.5. The van der Waals surface area contributed by atoms with E-state index in [1.165, 1.54) is 0 Å². The summed E-state index contributed by atoms with van der Waals surface area (Å²) in [6.45, 7) is 0. The molecule has 0 unspecified atom stereocenters. The molecule has 0 aliphatic heterocycles. The normalized spacial score (nSPS) is 10.3. The molecule has 0 radical (unpaired) electrons. The lowest BCUT2D eigenvalue weighted by atomic mass is 10.0. The van der Waals surface area contributed by atoms with E-state index >= 15 is 0 Å². The van der Waals surface area contributed by atoms with E-state index in [2.05, 4.69) is 0 Å². The van der Waals surface area contributed by atoms with Gasteiger partial charge < -0.3 is 0 Å². The van der Waals surface area contributed by atoms with Gasteiger partial charge in [0, 0.05) is 26.2 Å². The Morgan fingerprint density at radius 1 is 0.882 bits per heavy atom. The quantitative estimate of drug-likeness (QED) is 0.699. The van der Waals surface area contributed by atoms with E-state index < -0.39 is 0 Å². The maximum absolute atomic E-state index is 10.6. The molecule has 0 spiro atoms. The van der Waals surface area contributed by atoms with Crippen molar-refractivity contribution in [3.05, 3.63) is 57.0 Å². The van der Waals surface area contributed by atoms with Gasteiger partial charge in [-0.3, -0.25) is 4.79 Å². The number of hydrogen-bond acceptors (Lipinski definition) is 1. The highest BCUT2D eigenvalue weighted by molar-refractivity contribution is 6.36. The molecule has 86 valence electrons. The van der Waals surface area contributed by atoms with Gasteiger partial charge in [0.05, 0.1) is 0 Å². The lowest BCUT2D eigenvalue weighted by Gasteiger charge is -2.06. The second-order valence-electron chi connectivity index (χ2n) is 3.52. The van der Waals surface area contributed by atoms with E-state index in [0.717, 1.165) is 17.4 Å². The topological polar surface area (TPSA) is 17.1 Å². The maximum atomic E-state index is 10.6. The predicted octanol–water partition coefficient (Wildman–Crippen LogP) is 5.13. The number of halogens is 3. The van der Waals surface area contributed by atoms with Crippen LogP contribution in [0, 0.1) is 0 Å². The standard InChI is InChI=1S/C13H7Cl3O/c14-10-4-9(5-11(15)6-10)12-2-1-8(7-17)3-13(12)16/h1-7H. The minimum atomic E-state index is 0.493.